The molecular weight excluding hydrogens is 406 g/mol. The number of hydrogen-bond acceptors (Lipinski definition) is 4. The lowest BCUT2D eigenvalue weighted by Gasteiger charge is -2.42. The smallest absolute Gasteiger partial charge is 0.326 e. The molecule has 1 aromatic carbocycles. The zero-order chi connectivity index (χ0) is 21.0. The van der Waals surface area contributed by atoms with Gasteiger partial charge in [0.2, 0.25) is 11.8 Å². The highest BCUT2D eigenvalue weighted by atomic mass is 35.5. The van der Waals surface area contributed by atoms with Crippen LogP contribution < -0.4 is 10.6 Å². The number of amides is 2. The van der Waals surface area contributed by atoms with Crippen molar-refractivity contribution >= 4 is 30.2 Å². The summed E-state index contributed by atoms with van der Waals surface area (Å²) in [5, 5.41) is 15.5. The van der Waals surface area contributed by atoms with Crippen LogP contribution in [-0.4, -0.2) is 59.5 Å². The van der Waals surface area contributed by atoms with E-state index in [1.54, 1.807) is 13.8 Å². The standard InChI is InChI=1S/C22H31N3O4.ClH/c1-15(2)18(20(27)28)24-21(29)22(16-7-4-3-5-8-16)10-13-25(14-11-22)19(26)17-9-6-12-23-17;/h3-5,7-8,15,17-18,23H,6,9-14H2,1-2H3,(H,24,29)(H,27,28);1H/t17-,18+;/m0./s1. The number of nitrogens with one attached hydrogen (secondary N) is 2. The highest BCUT2D eigenvalue weighted by molar-refractivity contribution is 5.92. The Morgan fingerprint density at radius 1 is 1.17 bits per heavy atom. The molecule has 2 aliphatic rings. The number of likely N-dealkylation sites (tertiary alicyclic amines) is 1. The fraction of sp³-hybridized carbons (Fsp3) is 0.591. The van der Waals surface area contributed by atoms with Crippen molar-refractivity contribution in [1.29, 1.82) is 0 Å². The third-order valence-electron chi connectivity index (χ3n) is 6.27. The Labute approximate surface area is 184 Å². The molecule has 0 aliphatic carbocycles. The molecule has 3 rings (SSSR count). The van der Waals surface area contributed by atoms with Crippen LogP contribution in [0.5, 0.6) is 0 Å². The molecule has 0 spiro atoms. The largest absolute Gasteiger partial charge is 0.480 e. The van der Waals surface area contributed by atoms with Gasteiger partial charge in [0.05, 0.1) is 11.5 Å². The summed E-state index contributed by atoms with van der Waals surface area (Å²) in [6, 6.07) is 8.45. The summed E-state index contributed by atoms with van der Waals surface area (Å²) in [5.41, 5.74) is 0.0421. The van der Waals surface area contributed by atoms with Gasteiger partial charge in [-0.15, -0.1) is 12.4 Å². The summed E-state index contributed by atoms with van der Waals surface area (Å²) in [6.07, 6.45) is 2.82. The molecule has 2 amide bonds. The van der Waals surface area contributed by atoms with E-state index >= 15 is 0 Å². The molecule has 30 heavy (non-hydrogen) atoms. The van der Waals surface area contributed by atoms with E-state index in [0.29, 0.717) is 25.9 Å². The van der Waals surface area contributed by atoms with Gasteiger partial charge in [0.15, 0.2) is 0 Å². The molecular formula is C22H32ClN3O4. The Morgan fingerprint density at radius 3 is 2.30 bits per heavy atom. The first kappa shape index (κ1) is 24.2. The van der Waals surface area contributed by atoms with Gasteiger partial charge in [-0.25, -0.2) is 4.79 Å². The van der Waals surface area contributed by atoms with Crippen molar-refractivity contribution in [2.75, 3.05) is 19.6 Å². The Balaban J connectivity index is 0.00000320. The van der Waals surface area contributed by atoms with E-state index in [9.17, 15) is 19.5 Å². The highest BCUT2D eigenvalue weighted by Crippen LogP contribution is 2.36. The van der Waals surface area contributed by atoms with Crippen LogP contribution in [0.25, 0.3) is 0 Å². The van der Waals surface area contributed by atoms with Crippen molar-refractivity contribution in [3.63, 3.8) is 0 Å². The molecule has 0 unspecified atom stereocenters. The van der Waals surface area contributed by atoms with Gasteiger partial charge in [0.25, 0.3) is 0 Å². The zero-order valence-corrected chi connectivity index (χ0v) is 18.4. The van der Waals surface area contributed by atoms with Crippen LogP contribution in [0, 0.1) is 5.92 Å². The minimum atomic E-state index is -1.03. The van der Waals surface area contributed by atoms with Crippen molar-refractivity contribution in [2.24, 2.45) is 5.92 Å². The molecule has 0 aromatic heterocycles. The fourth-order valence-corrected chi connectivity index (χ4v) is 4.42. The van der Waals surface area contributed by atoms with Gasteiger partial charge in [-0.2, -0.15) is 0 Å². The number of halogens is 1. The lowest BCUT2D eigenvalue weighted by Crippen LogP contribution is -2.57. The number of carboxylic acid groups (broad SMARTS) is 1. The van der Waals surface area contributed by atoms with Gasteiger partial charge in [-0.3, -0.25) is 9.59 Å². The molecule has 0 saturated carbocycles. The summed E-state index contributed by atoms with van der Waals surface area (Å²) in [6.45, 7) is 5.40. The fourth-order valence-electron chi connectivity index (χ4n) is 4.42. The van der Waals surface area contributed by atoms with E-state index in [1.165, 1.54) is 0 Å². The predicted molar refractivity (Wildman–Crippen MR) is 117 cm³/mol. The van der Waals surface area contributed by atoms with Gasteiger partial charge in [0.1, 0.15) is 6.04 Å². The van der Waals surface area contributed by atoms with Crippen LogP contribution >= 0.6 is 12.4 Å². The first-order chi connectivity index (χ1) is 13.8. The molecule has 8 heteroatoms. The van der Waals surface area contributed by atoms with E-state index in [0.717, 1.165) is 24.9 Å². The van der Waals surface area contributed by atoms with Crippen LogP contribution in [0.3, 0.4) is 0 Å². The number of carbonyl (C=O) groups is 3. The molecule has 0 radical (unpaired) electrons. The van der Waals surface area contributed by atoms with Gasteiger partial charge < -0.3 is 20.6 Å². The van der Waals surface area contributed by atoms with Gasteiger partial charge in [-0.05, 0) is 43.7 Å². The molecule has 2 heterocycles. The molecule has 2 saturated heterocycles. The maximum atomic E-state index is 13.4. The third-order valence-corrected chi connectivity index (χ3v) is 6.27. The maximum Gasteiger partial charge on any atom is 0.326 e. The number of hydrogen-bond donors (Lipinski definition) is 3. The van der Waals surface area contributed by atoms with Gasteiger partial charge in [-0.1, -0.05) is 44.2 Å². The lowest BCUT2D eigenvalue weighted by molar-refractivity contribution is -0.145. The summed E-state index contributed by atoms with van der Waals surface area (Å²) in [4.78, 5) is 39.6. The second kappa shape index (κ2) is 10.3. The second-order valence-corrected chi connectivity index (χ2v) is 8.46. The highest BCUT2D eigenvalue weighted by Gasteiger charge is 2.45. The van der Waals surface area contributed by atoms with Crippen LogP contribution in [-0.2, 0) is 19.8 Å². The van der Waals surface area contributed by atoms with Crippen LogP contribution in [0.15, 0.2) is 30.3 Å². The van der Waals surface area contributed by atoms with Gasteiger partial charge >= 0.3 is 5.97 Å². The summed E-state index contributed by atoms with van der Waals surface area (Å²) >= 11 is 0. The molecule has 0 bridgehead atoms. The Bertz CT molecular complexity index is 742. The molecule has 2 fully saturated rings. The number of piperidine rings is 1. The molecule has 3 N–H and O–H groups in total. The average molecular weight is 438 g/mol. The van der Waals surface area contributed by atoms with Crippen molar-refractivity contribution < 1.29 is 19.5 Å². The maximum absolute atomic E-state index is 13.4. The van der Waals surface area contributed by atoms with E-state index in [-0.39, 0.29) is 36.2 Å². The molecule has 2 atom stereocenters. The first-order valence-electron chi connectivity index (χ1n) is 10.5. The summed E-state index contributed by atoms with van der Waals surface area (Å²) in [5.74, 6) is -1.41. The van der Waals surface area contributed by atoms with Crippen LogP contribution in [0.4, 0.5) is 0 Å². The van der Waals surface area contributed by atoms with E-state index in [4.69, 9.17) is 0 Å². The SMILES string of the molecule is CC(C)[C@@H](NC(=O)C1(c2ccccc2)CCN(C(=O)[C@@H]2CCCN2)CC1)C(=O)O.Cl. The normalized spacial score (nSPS) is 21.6. The Morgan fingerprint density at radius 2 is 1.80 bits per heavy atom. The zero-order valence-electron chi connectivity index (χ0n) is 17.6. The number of carboxylic acids is 1. The summed E-state index contributed by atoms with van der Waals surface area (Å²) in [7, 11) is 0. The summed E-state index contributed by atoms with van der Waals surface area (Å²) < 4.78 is 0. The van der Waals surface area contributed by atoms with E-state index in [2.05, 4.69) is 10.6 Å². The average Bonchev–Trinajstić information content (AvgIpc) is 3.26. The second-order valence-electron chi connectivity index (χ2n) is 8.46. The number of nitrogens with zero attached hydrogens (tertiary/aromatic N) is 1. The van der Waals surface area contributed by atoms with Crippen molar-refractivity contribution in [2.45, 2.75) is 57.0 Å². The number of rotatable bonds is 6. The van der Waals surface area contributed by atoms with Crippen molar-refractivity contribution in [1.82, 2.24) is 15.5 Å². The predicted octanol–water partition coefficient (Wildman–Crippen LogP) is 1.95. The topological polar surface area (TPSA) is 98.7 Å². The van der Waals surface area contributed by atoms with Crippen LogP contribution in [0.2, 0.25) is 0 Å². The third kappa shape index (κ3) is 4.95. The van der Waals surface area contributed by atoms with E-state index in [1.807, 2.05) is 35.2 Å². The lowest BCUT2D eigenvalue weighted by atomic mass is 9.71. The van der Waals surface area contributed by atoms with Crippen LogP contribution in [0.1, 0.15) is 45.1 Å². The first-order valence-corrected chi connectivity index (χ1v) is 10.5. The van der Waals surface area contributed by atoms with E-state index < -0.39 is 17.4 Å². The Kier molecular flexibility index (Phi) is 8.26. The van der Waals surface area contributed by atoms with Crippen molar-refractivity contribution in [3.8, 4) is 0 Å². The Hall–Kier alpha value is -2.12. The number of aliphatic carboxylic acids is 1. The molecule has 2 aliphatic heterocycles. The number of benzene rings is 1. The quantitative estimate of drug-likeness (QED) is 0.631. The minimum absolute atomic E-state index is 0. The monoisotopic (exact) mass is 437 g/mol. The molecule has 7 nitrogen and oxygen atoms in total. The van der Waals surface area contributed by atoms with Crippen molar-refractivity contribution in [3.05, 3.63) is 35.9 Å². The minimum Gasteiger partial charge on any atom is -0.480 e. The van der Waals surface area contributed by atoms with Gasteiger partial charge in [0, 0.05) is 13.1 Å². The molecule has 1 aromatic rings. The molecule has 166 valence electrons. The number of carbonyl (C=O) groups excluding carboxylic acids is 2.